The summed E-state index contributed by atoms with van der Waals surface area (Å²) in [5, 5.41) is 7.90. The summed E-state index contributed by atoms with van der Waals surface area (Å²) in [7, 11) is 0. The highest BCUT2D eigenvalue weighted by molar-refractivity contribution is 5.48. The zero-order valence-corrected chi connectivity index (χ0v) is 12.7. The van der Waals surface area contributed by atoms with Gasteiger partial charge in [0, 0.05) is 38.1 Å². The Kier molecular flexibility index (Phi) is 3.53. The Hall–Kier alpha value is -2.70. The summed E-state index contributed by atoms with van der Waals surface area (Å²) in [6.45, 7) is 2.67. The topological polar surface area (TPSA) is 68.3 Å². The molecule has 0 aliphatic carbocycles. The van der Waals surface area contributed by atoms with E-state index in [4.69, 9.17) is 0 Å². The average molecular weight is 310 g/mol. The minimum absolute atomic E-state index is 0.0380. The van der Waals surface area contributed by atoms with Gasteiger partial charge in [-0.2, -0.15) is 0 Å². The molecule has 3 aromatic rings. The maximum absolute atomic E-state index is 12.3. The molecule has 1 aliphatic rings. The van der Waals surface area contributed by atoms with E-state index in [1.54, 1.807) is 22.9 Å². The van der Waals surface area contributed by atoms with Crippen LogP contribution in [0.5, 0.6) is 0 Å². The minimum atomic E-state index is -0.0380. The molecular formula is C16H18N6O. The molecule has 0 spiro atoms. The minimum Gasteiger partial charge on any atom is -0.356 e. The molecule has 1 aliphatic heterocycles. The third-order valence-corrected chi connectivity index (χ3v) is 4.32. The van der Waals surface area contributed by atoms with Crippen molar-refractivity contribution in [2.75, 3.05) is 18.0 Å². The zero-order chi connectivity index (χ0) is 15.6. The van der Waals surface area contributed by atoms with E-state index in [-0.39, 0.29) is 5.56 Å². The maximum Gasteiger partial charge on any atom is 0.259 e. The van der Waals surface area contributed by atoms with Crippen molar-refractivity contribution in [1.29, 1.82) is 0 Å². The van der Waals surface area contributed by atoms with Crippen LogP contribution in [0.3, 0.4) is 0 Å². The second-order valence-corrected chi connectivity index (χ2v) is 5.96. The highest BCUT2D eigenvalue weighted by Crippen LogP contribution is 2.22. The Morgan fingerprint density at radius 2 is 2.22 bits per heavy atom. The highest BCUT2D eigenvalue weighted by atomic mass is 16.1. The molecule has 3 aromatic heterocycles. The molecule has 118 valence electrons. The number of hydrogen-bond acceptors (Lipinski definition) is 5. The SMILES string of the molecule is O=c1cc(N2CCCC(Cn3ccnn3)C2)nc2ccccn12. The molecule has 7 heteroatoms. The number of piperidine rings is 1. The van der Waals surface area contributed by atoms with Gasteiger partial charge in [0.25, 0.3) is 5.56 Å². The van der Waals surface area contributed by atoms with E-state index in [0.29, 0.717) is 11.6 Å². The van der Waals surface area contributed by atoms with Gasteiger partial charge in [0.05, 0.1) is 6.20 Å². The first kappa shape index (κ1) is 13.9. The smallest absolute Gasteiger partial charge is 0.259 e. The van der Waals surface area contributed by atoms with E-state index in [9.17, 15) is 4.79 Å². The van der Waals surface area contributed by atoms with E-state index in [0.717, 1.165) is 38.3 Å². The largest absolute Gasteiger partial charge is 0.356 e. The second kappa shape index (κ2) is 5.83. The molecule has 23 heavy (non-hydrogen) atoms. The van der Waals surface area contributed by atoms with Gasteiger partial charge in [-0.3, -0.25) is 13.9 Å². The molecule has 1 saturated heterocycles. The van der Waals surface area contributed by atoms with E-state index in [2.05, 4.69) is 20.2 Å². The lowest BCUT2D eigenvalue weighted by atomic mass is 9.98. The second-order valence-electron chi connectivity index (χ2n) is 5.96. The lowest BCUT2D eigenvalue weighted by molar-refractivity contribution is 0.347. The van der Waals surface area contributed by atoms with Gasteiger partial charge in [-0.05, 0) is 30.9 Å². The van der Waals surface area contributed by atoms with Crippen LogP contribution in [0.25, 0.3) is 5.65 Å². The maximum atomic E-state index is 12.3. The normalized spacial score (nSPS) is 18.4. The summed E-state index contributed by atoms with van der Waals surface area (Å²) in [4.78, 5) is 19.1. The first-order chi connectivity index (χ1) is 11.3. The van der Waals surface area contributed by atoms with Crippen LogP contribution in [0.4, 0.5) is 5.82 Å². The van der Waals surface area contributed by atoms with Gasteiger partial charge in [0.2, 0.25) is 0 Å². The molecule has 1 unspecified atom stereocenters. The molecule has 1 atom stereocenters. The first-order valence-electron chi connectivity index (χ1n) is 7.87. The Morgan fingerprint density at radius 1 is 1.26 bits per heavy atom. The number of pyridine rings is 1. The lowest BCUT2D eigenvalue weighted by Crippen LogP contribution is -2.38. The van der Waals surface area contributed by atoms with Gasteiger partial charge in [0.1, 0.15) is 11.5 Å². The predicted octanol–water partition coefficient (Wildman–Crippen LogP) is 1.20. The Labute approximate surface area is 133 Å². The summed E-state index contributed by atoms with van der Waals surface area (Å²) >= 11 is 0. The molecule has 0 bridgehead atoms. The molecule has 1 fully saturated rings. The van der Waals surface area contributed by atoms with Crippen molar-refractivity contribution in [3.8, 4) is 0 Å². The van der Waals surface area contributed by atoms with E-state index < -0.39 is 0 Å². The molecule has 0 N–H and O–H groups in total. The third kappa shape index (κ3) is 2.81. The van der Waals surface area contributed by atoms with Gasteiger partial charge in [0.15, 0.2) is 0 Å². The summed E-state index contributed by atoms with van der Waals surface area (Å²) in [5.74, 6) is 1.26. The van der Waals surface area contributed by atoms with E-state index in [1.165, 1.54) is 0 Å². The monoisotopic (exact) mass is 310 g/mol. The molecule has 0 aromatic carbocycles. The number of rotatable bonds is 3. The van der Waals surface area contributed by atoms with Crippen LogP contribution >= 0.6 is 0 Å². The Morgan fingerprint density at radius 3 is 3.09 bits per heavy atom. The van der Waals surface area contributed by atoms with Gasteiger partial charge in [-0.25, -0.2) is 4.98 Å². The fraction of sp³-hybridized carbons (Fsp3) is 0.375. The standard InChI is InChI=1S/C16H18N6O/c23-16-10-15(18-14-5-1-2-8-22(14)16)20-7-3-4-13(11-20)12-21-9-6-17-19-21/h1-2,5-6,8-10,13H,3-4,7,11-12H2. The van der Waals surface area contributed by atoms with Gasteiger partial charge in [-0.1, -0.05) is 11.3 Å². The van der Waals surface area contributed by atoms with Crippen LogP contribution in [-0.4, -0.2) is 37.5 Å². The number of fused-ring (bicyclic) bond motifs is 1. The fourth-order valence-electron chi connectivity index (χ4n) is 3.22. The lowest BCUT2D eigenvalue weighted by Gasteiger charge is -2.33. The quantitative estimate of drug-likeness (QED) is 0.727. The Bertz CT molecular complexity index is 856. The van der Waals surface area contributed by atoms with Crippen molar-refractivity contribution in [3.63, 3.8) is 0 Å². The molecule has 4 rings (SSSR count). The number of nitrogens with zero attached hydrogens (tertiary/aromatic N) is 6. The van der Waals surface area contributed by atoms with Gasteiger partial charge >= 0.3 is 0 Å². The number of anilines is 1. The number of hydrogen-bond donors (Lipinski definition) is 0. The predicted molar refractivity (Wildman–Crippen MR) is 86.4 cm³/mol. The molecule has 0 saturated carbocycles. The molecule has 0 radical (unpaired) electrons. The van der Waals surface area contributed by atoms with Crippen molar-refractivity contribution in [2.45, 2.75) is 19.4 Å². The van der Waals surface area contributed by atoms with E-state index >= 15 is 0 Å². The van der Waals surface area contributed by atoms with Gasteiger partial charge < -0.3 is 4.90 Å². The molecule has 4 heterocycles. The number of aromatic nitrogens is 5. The van der Waals surface area contributed by atoms with Crippen LogP contribution in [0.2, 0.25) is 0 Å². The van der Waals surface area contributed by atoms with Gasteiger partial charge in [-0.15, -0.1) is 5.10 Å². The zero-order valence-electron chi connectivity index (χ0n) is 12.7. The van der Waals surface area contributed by atoms with Crippen LogP contribution in [0.15, 0.2) is 47.7 Å². The molecular weight excluding hydrogens is 292 g/mol. The van der Waals surface area contributed by atoms with Crippen LogP contribution in [0, 0.1) is 5.92 Å². The van der Waals surface area contributed by atoms with Crippen LogP contribution in [0.1, 0.15) is 12.8 Å². The Balaban J connectivity index is 1.58. The van der Waals surface area contributed by atoms with Crippen molar-refractivity contribution in [1.82, 2.24) is 24.4 Å². The third-order valence-electron chi connectivity index (χ3n) is 4.32. The summed E-state index contributed by atoms with van der Waals surface area (Å²) in [6.07, 6.45) is 7.59. The van der Waals surface area contributed by atoms with Crippen molar-refractivity contribution in [2.24, 2.45) is 5.92 Å². The summed E-state index contributed by atoms with van der Waals surface area (Å²) in [5.41, 5.74) is 0.650. The highest BCUT2D eigenvalue weighted by Gasteiger charge is 2.22. The summed E-state index contributed by atoms with van der Waals surface area (Å²) in [6, 6.07) is 7.23. The van der Waals surface area contributed by atoms with Crippen molar-refractivity contribution in [3.05, 3.63) is 53.2 Å². The molecule has 0 amide bonds. The van der Waals surface area contributed by atoms with Crippen LogP contribution in [-0.2, 0) is 6.54 Å². The van der Waals surface area contributed by atoms with Crippen LogP contribution < -0.4 is 10.5 Å². The fourth-order valence-corrected chi connectivity index (χ4v) is 3.22. The average Bonchev–Trinajstić information content (AvgIpc) is 3.08. The first-order valence-corrected chi connectivity index (χ1v) is 7.87. The van der Waals surface area contributed by atoms with E-state index in [1.807, 2.05) is 29.1 Å². The van der Waals surface area contributed by atoms with Crippen molar-refractivity contribution < 1.29 is 0 Å². The molecule has 7 nitrogen and oxygen atoms in total. The van der Waals surface area contributed by atoms with Crippen molar-refractivity contribution >= 4 is 11.5 Å². The summed E-state index contributed by atoms with van der Waals surface area (Å²) < 4.78 is 3.44.